The molecule has 0 amide bonds. The Balaban J connectivity index is 1.90. The van der Waals surface area contributed by atoms with E-state index in [0.29, 0.717) is 12.2 Å². The molecule has 0 saturated carbocycles. The van der Waals surface area contributed by atoms with Crippen molar-refractivity contribution in [2.45, 2.75) is 31.2 Å². The summed E-state index contributed by atoms with van der Waals surface area (Å²) in [7, 11) is 0. The predicted octanol–water partition coefficient (Wildman–Crippen LogP) is 1.56. The van der Waals surface area contributed by atoms with E-state index in [4.69, 9.17) is 0 Å². The number of piperidine rings is 1. The number of aromatic nitrogens is 1. The van der Waals surface area contributed by atoms with Crippen molar-refractivity contribution in [1.82, 2.24) is 10.1 Å². The lowest BCUT2D eigenvalue weighted by Gasteiger charge is -2.38. The fourth-order valence-electron chi connectivity index (χ4n) is 1.91. The number of likely N-dealkylation sites (tertiary alicyclic amines) is 1. The van der Waals surface area contributed by atoms with E-state index in [0.717, 1.165) is 0 Å². The molecule has 0 aliphatic carbocycles. The Morgan fingerprint density at radius 1 is 1.41 bits per heavy atom. The SMILES string of the molecule is OC1(C(F)(F)F)CCN(Cc2ccon2)CC1. The second kappa shape index (κ2) is 4.30. The average Bonchev–Trinajstić information content (AvgIpc) is 2.73. The van der Waals surface area contributed by atoms with E-state index >= 15 is 0 Å². The largest absolute Gasteiger partial charge is 0.417 e. The van der Waals surface area contributed by atoms with Gasteiger partial charge in [0.25, 0.3) is 0 Å². The summed E-state index contributed by atoms with van der Waals surface area (Å²) in [5, 5.41) is 13.2. The van der Waals surface area contributed by atoms with Gasteiger partial charge in [-0.3, -0.25) is 4.90 Å². The first-order valence-corrected chi connectivity index (χ1v) is 5.31. The molecule has 0 atom stereocenters. The fraction of sp³-hybridized carbons (Fsp3) is 0.700. The van der Waals surface area contributed by atoms with Crippen LogP contribution in [0.25, 0.3) is 0 Å². The zero-order chi connectivity index (χ0) is 12.5. The molecule has 2 rings (SSSR count). The molecule has 7 heteroatoms. The molecule has 1 aliphatic heterocycles. The molecule has 0 radical (unpaired) electrons. The molecule has 4 nitrogen and oxygen atoms in total. The van der Waals surface area contributed by atoms with Crippen molar-refractivity contribution in [2.75, 3.05) is 13.1 Å². The minimum Gasteiger partial charge on any atom is -0.380 e. The van der Waals surface area contributed by atoms with Gasteiger partial charge in [0.2, 0.25) is 0 Å². The van der Waals surface area contributed by atoms with Gasteiger partial charge in [0.15, 0.2) is 5.60 Å². The van der Waals surface area contributed by atoms with E-state index in [-0.39, 0.29) is 25.9 Å². The van der Waals surface area contributed by atoms with Gasteiger partial charge in [-0.15, -0.1) is 0 Å². The van der Waals surface area contributed by atoms with Crippen LogP contribution in [-0.2, 0) is 6.54 Å². The minimum absolute atomic E-state index is 0.197. The van der Waals surface area contributed by atoms with E-state index in [2.05, 4.69) is 9.68 Å². The van der Waals surface area contributed by atoms with Crippen molar-refractivity contribution < 1.29 is 22.8 Å². The first-order valence-electron chi connectivity index (χ1n) is 5.31. The van der Waals surface area contributed by atoms with Crippen molar-refractivity contribution in [2.24, 2.45) is 0 Å². The van der Waals surface area contributed by atoms with Gasteiger partial charge in [0, 0.05) is 25.7 Å². The predicted molar refractivity (Wildman–Crippen MR) is 52.0 cm³/mol. The molecule has 1 fully saturated rings. The topological polar surface area (TPSA) is 49.5 Å². The molecule has 0 aromatic carbocycles. The van der Waals surface area contributed by atoms with Crippen molar-refractivity contribution in [3.8, 4) is 0 Å². The summed E-state index contributed by atoms with van der Waals surface area (Å²) in [4.78, 5) is 1.82. The summed E-state index contributed by atoms with van der Waals surface area (Å²) < 4.78 is 42.2. The third-order valence-corrected chi connectivity index (χ3v) is 3.09. The number of halogens is 3. The monoisotopic (exact) mass is 250 g/mol. The van der Waals surface area contributed by atoms with Crippen LogP contribution in [0.3, 0.4) is 0 Å². The van der Waals surface area contributed by atoms with Gasteiger partial charge in [-0.25, -0.2) is 0 Å². The van der Waals surface area contributed by atoms with Crippen molar-refractivity contribution >= 4 is 0 Å². The van der Waals surface area contributed by atoms with E-state index in [1.165, 1.54) is 6.26 Å². The molecule has 1 saturated heterocycles. The maximum absolute atomic E-state index is 12.5. The lowest BCUT2D eigenvalue weighted by molar-refractivity contribution is -0.272. The molecular formula is C10H13F3N2O2. The molecule has 1 aliphatic rings. The summed E-state index contributed by atoms with van der Waals surface area (Å²) in [5.74, 6) is 0. The third-order valence-electron chi connectivity index (χ3n) is 3.09. The highest BCUT2D eigenvalue weighted by atomic mass is 19.4. The Bertz CT molecular complexity index is 356. The summed E-state index contributed by atoms with van der Waals surface area (Å²) in [5.41, 5.74) is -1.85. The first kappa shape index (κ1) is 12.4. The van der Waals surface area contributed by atoms with Gasteiger partial charge in [-0.05, 0) is 12.8 Å². The standard InChI is InChI=1S/C10H13F3N2O2/c11-10(12,13)9(16)2-4-15(5-3-9)7-8-1-6-17-14-8/h1,6,16H,2-5,7H2. The van der Waals surface area contributed by atoms with Crippen LogP contribution in [0.1, 0.15) is 18.5 Å². The maximum Gasteiger partial charge on any atom is 0.417 e. The summed E-state index contributed by atoms with van der Waals surface area (Å²) in [6, 6.07) is 1.67. The maximum atomic E-state index is 12.5. The van der Waals surface area contributed by atoms with Gasteiger partial charge in [-0.2, -0.15) is 13.2 Å². The molecule has 0 unspecified atom stereocenters. The minimum atomic E-state index is -4.55. The molecule has 17 heavy (non-hydrogen) atoms. The third kappa shape index (κ3) is 2.61. The molecule has 1 aromatic heterocycles. The highest BCUT2D eigenvalue weighted by molar-refractivity contribution is 4.97. The quantitative estimate of drug-likeness (QED) is 0.865. The highest BCUT2D eigenvalue weighted by Crippen LogP contribution is 2.38. The normalized spacial score (nSPS) is 21.6. The van der Waals surface area contributed by atoms with Crippen molar-refractivity contribution in [3.05, 3.63) is 18.0 Å². The summed E-state index contributed by atoms with van der Waals surface area (Å²) in [6.45, 7) is 0.843. The van der Waals surface area contributed by atoms with Gasteiger partial charge in [0.05, 0.1) is 5.69 Å². The lowest BCUT2D eigenvalue weighted by Crippen LogP contribution is -2.53. The van der Waals surface area contributed by atoms with E-state index in [1.54, 1.807) is 6.07 Å². The van der Waals surface area contributed by atoms with Crippen LogP contribution in [-0.4, -0.2) is 40.0 Å². The second-order valence-electron chi connectivity index (χ2n) is 4.30. The highest BCUT2D eigenvalue weighted by Gasteiger charge is 2.54. The second-order valence-corrected chi connectivity index (χ2v) is 4.30. The molecule has 0 spiro atoms. The number of hydrogen-bond acceptors (Lipinski definition) is 4. The van der Waals surface area contributed by atoms with Crippen LogP contribution < -0.4 is 0 Å². The van der Waals surface area contributed by atoms with Crippen molar-refractivity contribution in [3.63, 3.8) is 0 Å². The van der Waals surface area contributed by atoms with Crippen molar-refractivity contribution in [1.29, 1.82) is 0 Å². The van der Waals surface area contributed by atoms with Crippen LogP contribution in [0.4, 0.5) is 13.2 Å². The van der Waals surface area contributed by atoms with Gasteiger partial charge in [0.1, 0.15) is 6.26 Å². The van der Waals surface area contributed by atoms with Gasteiger partial charge in [-0.1, -0.05) is 5.16 Å². The Morgan fingerprint density at radius 3 is 2.53 bits per heavy atom. The number of hydrogen-bond donors (Lipinski definition) is 1. The Labute approximate surface area is 96.0 Å². The molecule has 2 heterocycles. The van der Waals surface area contributed by atoms with Crippen LogP contribution in [0.5, 0.6) is 0 Å². The first-order chi connectivity index (χ1) is 7.91. The molecule has 0 bridgehead atoms. The number of nitrogens with zero attached hydrogens (tertiary/aromatic N) is 2. The zero-order valence-corrected chi connectivity index (χ0v) is 9.07. The van der Waals surface area contributed by atoms with E-state index in [1.807, 2.05) is 4.90 Å². The summed E-state index contributed by atoms with van der Waals surface area (Å²) in [6.07, 6.45) is -3.72. The Hall–Kier alpha value is -1.08. The molecule has 1 N–H and O–H groups in total. The van der Waals surface area contributed by atoms with Crippen LogP contribution >= 0.6 is 0 Å². The number of rotatable bonds is 2. The fourth-order valence-corrected chi connectivity index (χ4v) is 1.91. The Kier molecular flexibility index (Phi) is 3.13. The van der Waals surface area contributed by atoms with Gasteiger partial charge >= 0.3 is 6.18 Å². The summed E-state index contributed by atoms with van der Waals surface area (Å²) >= 11 is 0. The Morgan fingerprint density at radius 2 is 2.06 bits per heavy atom. The van der Waals surface area contributed by atoms with E-state index in [9.17, 15) is 18.3 Å². The molecule has 96 valence electrons. The number of alkyl halides is 3. The zero-order valence-electron chi connectivity index (χ0n) is 9.07. The number of aliphatic hydroxyl groups is 1. The molecular weight excluding hydrogens is 237 g/mol. The van der Waals surface area contributed by atoms with Crippen LogP contribution in [0, 0.1) is 0 Å². The lowest BCUT2D eigenvalue weighted by atomic mass is 9.91. The average molecular weight is 250 g/mol. The smallest absolute Gasteiger partial charge is 0.380 e. The molecule has 1 aromatic rings. The van der Waals surface area contributed by atoms with E-state index < -0.39 is 11.8 Å². The van der Waals surface area contributed by atoms with Crippen LogP contribution in [0.2, 0.25) is 0 Å². The van der Waals surface area contributed by atoms with Gasteiger partial charge < -0.3 is 9.63 Å². The van der Waals surface area contributed by atoms with Crippen LogP contribution in [0.15, 0.2) is 16.9 Å².